The predicted octanol–water partition coefficient (Wildman–Crippen LogP) is 1.15. The number of rotatable bonds is 3. The molecule has 1 aliphatic heterocycles. The number of benzene rings is 1. The number of fused-ring (bicyclic) bond motifs is 1. The Labute approximate surface area is 107 Å². The highest BCUT2D eigenvalue weighted by atomic mass is 16.1. The Bertz CT molecular complexity index is 472. The van der Waals surface area contributed by atoms with Gasteiger partial charge in [-0.05, 0) is 30.0 Å². The van der Waals surface area contributed by atoms with E-state index in [-0.39, 0.29) is 5.91 Å². The Morgan fingerprint density at radius 3 is 3.06 bits per heavy atom. The van der Waals surface area contributed by atoms with Crippen LogP contribution in [-0.2, 0) is 17.8 Å². The molecular formula is C14H19N3O. The van der Waals surface area contributed by atoms with Gasteiger partial charge < -0.3 is 16.4 Å². The first-order valence-electron chi connectivity index (χ1n) is 6.63. The molecule has 4 nitrogen and oxygen atoms in total. The van der Waals surface area contributed by atoms with E-state index in [0.29, 0.717) is 18.5 Å². The minimum absolute atomic E-state index is 0.0907. The molecule has 4 heteroatoms. The molecule has 2 aliphatic rings. The van der Waals surface area contributed by atoms with Gasteiger partial charge in [0.1, 0.15) is 0 Å². The van der Waals surface area contributed by atoms with E-state index in [0.717, 1.165) is 24.2 Å². The zero-order valence-corrected chi connectivity index (χ0v) is 10.4. The van der Waals surface area contributed by atoms with Crippen LogP contribution < -0.4 is 16.4 Å². The first-order valence-corrected chi connectivity index (χ1v) is 6.63. The maximum atomic E-state index is 11.3. The monoisotopic (exact) mass is 245 g/mol. The van der Waals surface area contributed by atoms with Crippen LogP contribution in [0.3, 0.4) is 0 Å². The summed E-state index contributed by atoms with van der Waals surface area (Å²) in [5.41, 5.74) is 9.33. The molecule has 18 heavy (non-hydrogen) atoms. The molecule has 2 atom stereocenters. The van der Waals surface area contributed by atoms with Crippen molar-refractivity contribution in [1.29, 1.82) is 0 Å². The number of nitrogens with one attached hydrogen (secondary N) is 2. The summed E-state index contributed by atoms with van der Waals surface area (Å²) in [6.07, 6.45) is 4.03. The van der Waals surface area contributed by atoms with Crippen molar-refractivity contribution >= 4 is 11.6 Å². The highest BCUT2D eigenvalue weighted by molar-refractivity contribution is 5.99. The lowest BCUT2D eigenvalue weighted by Gasteiger charge is -2.17. The molecule has 1 aromatic carbocycles. The minimum atomic E-state index is 0.0907. The van der Waals surface area contributed by atoms with Gasteiger partial charge in [0.15, 0.2) is 0 Å². The van der Waals surface area contributed by atoms with Gasteiger partial charge in [0.05, 0.1) is 6.42 Å². The smallest absolute Gasteiger partial charge is 0.228 e. The number of hydrogen-bond acceptors (Lipinski definition) is 3. The first-order chi connectivity index (χ1) is 8.72. The van der Waals surface area contributed by atoms with E-state index in [9.17, 15) is 4.79 Å². The fraction of sp³-hybridized carbons (Fsp3) is 0.500. The number of carbonyl (C=O) groups is 1. The quantitative estimate of drug-likeness (QED) is 0.748. The summed E-state index contributed by atoms with van der Waals surface area (Å²) in [6.45, 7) is 0.833. The van der Waals surface area contributed by atoms with Crippen LogP contribution in [0.5, 0.6) is 0 Å². The van der Waals surface area contributed by atoms with E-state index < -0.39 is 0 Å². The first kappa shape index (κ1) is 11.7. The topological polar surface area (TPSA) is 67.1 Å². The summed E-state index contributed by atoms with van der Waals surface area (Å²) in [4.78, 5) is 11.3. The molecule has 1 saturated carbocycles. The summed E-state index contributed by atoms with van der Waals surface area (Å²) in [5.74, 6) is 0.0907. The lowest BCUT2D eigenvalue weighted by Crippen LogP contribution is -2.40. The highest BCUT2D eigenvalue weighted by Crippen LogP contribution is 2.24. The van der Waals surface area contributed by atoms with Crippen molar-refractivity contribution in [3.05, 3.63) is 29.3 Å². The number of carbonyl (C=O) groups excluding carboxylic acids is 1. The fourth-order valence-corrected chi connectivity index (χ4v) is 2.88. The van der Waals surface area contributed by atoms with Crippen molar-refractivity contribution in [2.45, 2.75) is 44.3 Å². The van der Waals surface area contributed by atoms with E-state index in [2.05, 4.69) is 22.8 Å². The van der Waals surface area contributed by atoms with E-state index in [1.54, 1.807) is 0 Å². The minimum Gasteiger partial charge on any atom is -0.326 e. The van der Waals surface area contributed by atoms with Gasteiger partial charge in [-0.25, -0.2) is 0 Å². The molecule has 96 valence electrons. The zero-order valence-electron chi connectivity index (χ0n) is 10.4. The van der Waals surface area contributed by atoms with Gasteiger partial charge in [-0.1, -0.05) is 18.6 Å². The van der Waals surface area contributed by atoms with Gasteiger partial charge >= 0.3 is 0 Å². The van der Waals surface area contributed by atoms with Crippen molar-refractivity contribution in [3.63, 3.8) is 0 Å². The third-order valence-corrected chi connectivity index (χ3v) is 3.93. The Morgan fingerprint density at radius 2 is 2.28 bits per heavy atom. The third kappa shape index (κ3) is 2.26. The fourth-order valence-electron chi connectivity index (χ4n) is 2.88. The van der Waals surface area contributed by atoms with Gasteiger partial charge in [-0.3, -0.25) is 4.79 Å². The van der Waals surface area contributed by atoms with Crippen LogP contribution in [0.4, 0.5) is 5.69 Å². The van der Waals surface area contributed by atoms with E-state index in [1.807, 2.05) is 6.07 Å². The van der Waals surface area contributed by atoms with E-state index >= 15 is 0 Å². The van der Waals surface area contributed by atoms with Gasteiger partial charge in [0.2, 0.25) is 5.91 Å². The maximum Gasteiger partial charge on any atom is 0.228 e. The second-order valence-electron chi connectivity index (χ2n) is 5.30. The lowest BCUT2D eigenvalue weighted by molar-refractivity contribution is -0.115. The molecule has 0 spiro atoms. The molecule has 0 bridgehead atoms. The van der Waals surface area contributed by atoms with Crippen molar-refractivity contribution < 1.29 is 4.79 Å². The highest BCUT2D eigenvalue weighted by Gasteiger charge is 2.23. The molecule has 0 aromatic heterocycles. The van der Waals surface area contributed by atoms with E-state index in [1.165, 1.54) is 18.4 Å². The molecule has 1 fully saturated rings. The summed E-state index contributed by atoms with van der Waals surface area (Å²) < 4.78 is 0. The van der Waals surface area contributed by atoms with Crippen molar-refractivity contribution in [1.82, 2.24) is 5.32 Å². The molecule has 4 N–H and O–H groups in total. The second kappa shape index (κ2) is 4.71. The zero-order chi connectivity index (χ0) is 12.5. The van der Waals surface area contributed by atoms with Crippen LogP contribution >= 0.6 is 0 Å². The molecule has 1 heterocycles. The maximum absolute atomic E-state index is 11.3. The Hall–Kier alpha value is -1.39. The summed E-state index contributed by atoms with van der Waals surface area (Å²) in [5, 5.41) is 6.37. The van der Waals surface area contributed by atoms with Crippen LogP contribution in [0, 0.1) is 0 Å². The summed E-state index contributed by atoms with van der Waals surface area (Å²) in [6, 6.07) is 6.91. The van der Waals surface area contributed by atoms with Crippen LogP contribution in [0.1, 0.15) is 30.4 Å². The van der Waals surface area contributed by atoms with Gasteiger partial charge in [0.25, 0.3) is 0 Å². The molecule has 2 unspecified atom stereocenters. The van der Waals surface area contributed by atoms with Gasteiger partial charge in [-0.2, -0.15) is 0 Å². The number of amides is 1. The largest absolute Gasteiger partial charge is 0.326 e. The molecule has 3 rings (SSSR count). The van der Waals surface area contributed by atoms with Crippen molar-refractivity contribution in [3.8, 4) is 0 Å². The molecule has 1 amide bonds. The van der Waals surface area contributed by atoms with Gasteiger partial charge in [0, 0.05) is 24.3 Å². The molecule has 0 saturated heterocycles. The van der Waals surface area contributed by atoms with Crippen LogP contribution in [-0.4, -0.2) is 18.0 Å². The average molecular weight is 245 g/mol. The van der Waals surface area contributed by atoms with E-state index in [4.69, 9.17) is 5.73 Å². The third-order valence-electron chi connectivity index (χ3n) is 3.93. The Balaban J connectivity index is 1.64. The van der Waals surface area contributed by atoms with Crippen molar-refractivity contribution in [2.24, 2.45) is 5.73 Å². The van der Waals surface area contributed by atoms with Crippen LogP contribution in [0.15, 0.2) is 18.2 Å². The second-order valence-corrected chi connectivity index (χ2v) is 5.30. The Kier molecular flexibility index (Phi) is 3.06. The standard InChI is InChI=1S/C14H19N3O/c15-11-2-1-3-13(11)16-8-9-4-5-12-10(6-9)7-14(18)17-12/h4-6,11,13,16H,1-3,7-8,15H2,(H,17,18). The molecule has 1 aliphatic carbocycles. The number of anilines is 1. The predicted molar refractivity (Wildman–Crippen MR) is 71.2 cm³/mol. The molecular weight excluding hydrogens is 226 g/mol. The average Bonchev–Trinajstić information content (AvgIpc) is 2.90. The molecule has 1 aromatic rings. The number of nitrogens with two attached hydrogens (primary N) is 1. The van der Waals surface area contributed by atoms with Crippen LogP contribution in [0.2, 0.25) is 0 Å². The summed E-state index contributed by atoms with van der Waals surface area (Å²) >= 11 is 0. The van der Waals surface area contributed by atoms with Crippen LogP contribution in [0.25, 0.3) is 0 Å². The molecule has 0 radical (unpaired) electrons. The summed E-state index contributed by atoms with van der Waals surface area (Å²) in [7, 11) is 0. The van der Waals surface area contributed by atoms with Crippen molar-refractivity contribution in [2.75, 3.05) is 5.32 Å². The lowest BCUT2D eigenvalue weighted by atomic mass is 10.1. The SMILES string of the molecule is NC1CCCC1NCc1ccc2c(c1)CC(=O)N2. The van der Waals surface area contributed by atoms with Gasteiger partial charge in [-0.15, -0.1) is 0 Å². The Morgan fingerprint density at radius 1 is 1.39 bits per heavy atom. The number of hydrogen-bond donors (Lipinski definition) is 3. The normalized spacial score (nSPS) is 26.2.